The van der Waals surface area contributed by atoms with Crippen molar-refractivity contribution in [1.82, 2.24) is 4.90 Å². The third kappa shape index (κ3) is 5.93. The van der Waals surface area contributed by atoms with Crippen LogP contribution in [0.25, 0.3) is 0 Å². The maximum absolute atomic E-state index is 8.57. The number of hydrogen-bond donors (Lipinski definition) is 2. The number of unbranched alkanes of at least 4 members (excludes halogenated alkanes) is 2. The summed E-state index contributed by atoms with van der Waals surface area (Å²) in [6, 6.07) is 7.19. The highest BCUT2D eigenvalue weighted by atomic mass is 16.5. The van der Waals surface area contributed by atoms with Crippen LogP contribution in [-0.4, -0.2) is 42.7 Å². The first kappa shape index (κ1) is 16.3. The van der Waals surface area contributed by atoms with Crippen molar-refractivity contribution in [2.45, 2.75) is 26.2 Å². The second kappa shape index (κ2) is 9.20. The lowest BCUT2D eigenvalue weighted by atomic mass is 10.2. The fourth-order valence-corrected chi connectivity index (χ4v) is 1.84. The summed E-state index contributed by atoms with van der Waals surface area (Å²) in [5.41, 5.74) is 6.17. The predicted octanol–water partition coefficient (Wildman–Crippen LogP) is 2.28. The molecule has 0 saturated heterocycles. The molecule has 0 aliphatic rings. The minimum absolute atomic E-state index is 0.104. The number of oxime groups is 1. The third-order valence-electron chi connectivity index (χ3n) is 3.14. The van der Waals surface area contributed by atoms with Crippen molar-refractivity contribution in [1.29, 1.82) is 0 Å². The molecule has 0 heterocycles. The minimum atomic E-state index is 0.104. The number of benzene rings is 1. The third-order valence-corrected chi connectivity index (χ3v) is 3.14. The fraction of sp³-hybridized carbons (Fsp3) is 0.533. The van der Waals surface area contributed by atoms with Gasteiger partial charge in [0.1, 0.15) is 12.4 Å². The first-order chi connectivity index (χ1) is 9.67. The maximum Gasteiger partial charge on any atom is 0.170 e. The monoisotopic (exact) mass is 279 g/mol. The van der Waals surface area contributed by atoms with Crippen molar-refractivity contribution in [3.8, 4) is 5.75 Å². The molecule has 20 heavy (non-hydrogen) atoms. The number of likely N-dealkylation sites (N-methyl/N-ethyl adjacent to an activating group) is 1. The van der Waals surface area contributed by atoms with E-state index >= 15 is 0 Å². The van der Waals surface area contributed by atoms with Gasteiger partial charge in [-0.25, -0.2) is 0 Å². The molecule has 3 N–H and O–H groups in total. The zero-order chi connectivity index (χ0) is 14.8. The molecule has 0 saturated carbocycles. The molecule has 1 rings (SSSR count). The van der Waals surface area contributed by atoms with Gasteiger partial charge in [0.25, 0.3) is 0 Å². The van der Waals surface area contributed by atoms with Crippen molar-refractivity contribution in [3.63, 3.8) is 0 Å². The number of ether oxygens (including phenoxy) is 1. The Balaban J connectivity index is 2.28. The molecular weight excluding hydrogens is 254 g/mol. The zero-order valence-corrected chi connectivity index (χ0v) is 12.4. The van der Waals surface area contributed by atoms with Gasteiger partial charge in [-0.2, -0.15) is 0 Å². The van der Waals surface area contributed by atoms with Crippen LogP contribution in [0, 0.1) is 0 Å². The summed E-state index contributed by atoms with van der Waals surface area (Å²) < 4.78 is 5.67. The summed E-state index contributed by atoms with van der Waals surface area (Å²) in [6.45, 7) is 4.89. The first-order valence-electron chi connectivity index (χ1n) is 7.06. The Morgan fingerprint density at radius 3 is 2.55 bits per heavy atom. The van der Waals surface area contributed by atoms with Crippen LogP contribution in [0.2, 0.25) is 0 Å². The van der Waals surface area contributed by atoms with Crippen LogP contribution in [0.1, 0.15) is 31.7 Å². The molecule has 0 fully saturated rings. The Bertz CT molecular complexity index is 404. The Hall–Kier alpha value is -1.75. The number of nitrogens with two attached hydrogens (primary N) is 1. The van der Waals surface area contributed by atoms with Gasteiger partial charge in [0.2, 0.25) is 0 Å². The lowest BCUT2D eigenvalue weighted by Gasteiger charge is -2.16. The fourth-order valence-electron chi connectivity index (χ4n) is 1.84. The Labute approximate surface area is 121 Å². The molecule has 0 amide bonds. The number of rotatable bonds is 9. The van der Waals surface area contributed by atoms with Gasteiger partial charge in [0.05, 0.1) is 0 Å². The van der Waals surface area contributed by atoms with Gasteiger partial charge in [0, 0.05) is 12.1 Å². The van der Waals surface area contributed by atoms with Crippen molar-refractivity contribution in [2.75, 3.05) is 26.7 Å². The Morgan fingerprint density at radius 1 is 1.25 bits per heavy atom. The van der Waals surface area contributed by atoms with E-state index in [1.807, 2.05) is 12.1 Å². The molecular formula is C15H25N3O2. The molecule has 0 atom stereocenters. The molecule has 0 aliphatic carbocycles. The SMILES string of the molecule is CCCCCN(C)CCOc1ccc(C(N)=NO)cc1. The average molecular weight is 279 g/mol. The average Bonchev–Trinajstić information content (AvgIpc) is 2.47. The van der Waals surface area contributed by atoms with Gasteiger partial charge >= 0.3 is 0 Å². The van der Waals surface area contributed by atoms with E-state index in [0.717, 1.165) is 18.8 Å². The predicted molar refractivity (Wildman–Crippen MR) is 81.5 cm³/mol. The molecule has 0 radical (unpaired) electrons. The van der Waals surface area contributed by atoms with E-state index in [1.165, 1.54) is 19.3 Å². The molecule has 5 nitrogen and oxygen atoms in total. The van der Waals surface area contributed by atoms with Crippen molar-refractivity contribution in [2.24, 2.45) is 10.9 Å². The molecule has 0 unspecified atom stereocenters. The topological polar surface area (TPSA) is 71.1 Å². The van der Waals surface area contributed by atoms with Gasteiger partial charge in [-0.3, -0.25) is 0 Å². The number of amidine groups is 1. The largest absolute Gasteiger partial charge is 0.492 e. The van der Waals surface area contributed by atoms with Crippen LogP contribution in [-0.2, 0) is 0 Å². The summed E-state index contributed by atoms with van der Waals surface area (Å²) in [5, 5.41) is 11.5. The van der Waals surface area contributed by atoms with Gasteiger partial charge in [-0.05, 0) is 44.3 Å². The van der Waals surface area contributed by atoms with Gasteiger partial charge in [-0.1, -0.05) is 24.9 Å². The van der Waals surface area contributed by atoms with Gasteiger partial charge < -0.3 is 20.6 Å². The van der Waals surface area contributed by atoms with Crippen LogP contribution < -0.4 is 10.5 Å². The standard InChI is InChI=1S/C15H25N3O2/c1-3-4-5-10-18(2)11-12-20-14-8-6-13(7-9-14)15(16)17-19/h6-9,19H,3-5,10-12H2,1-2H3,(H2,16,17). The van der Waals surface area contributed by atoms with Crippen LogP contribution in [0.4, 0.5) is 0 Å². The molecule has 1 aromatic rings. The van der Waals surface area contributed by atoms with E-state index in [9.17, 15) is 0 Å². The summed E-state index contributed by atoms with van der Waals surface area (Å²) in [4.78, 5) is 2.28. The first-order valence-corrected chi connectivity index (χ1v) is 7.06. The molecule has 112 valence electrons. The van der Waals surface area contributed by atoms with Gasteiger partial charge in [-0.15, -0.1) is 0 Å². The normalized spacial score (nSPS) is 11.8. The van der Waals surface area contributed by atoms with Crippen LogP contribution in [0.5, 0.6) is 5.75 Å². The quantitative estimate of drug-likeness (QED) is 0.239. The molecule has 5 heteroatoms. The number of hydrogen-bond acceptors (Lipinski definition) is 4. The van der Waals surface area contributed by atoms with Gasteiger partial charge in [0.15, 0.2) is 5.84 Å². The zero-order valence-electron chi connectivity index (χ0n) is 12.4. The highest BCUT2D eigenvalue weighted by Crippen LogP contribution is 2.12. The summed E-state index contributed by atoms with van der Waals surface area (Å²) in [7, 11) is 2.11. The van der Waals surface area contributed by atoms with E-state index < -0.39 is 0 Å². The Morgan fingerprint density at radius 2 is 1.95 bits per heavy atom. The smallest absolute Gasteiger partial charge is 0.170 e. The summed E-state index contributed by atoms with van der Waals surface area (Å²) >= 11 is 0. The van der Waals surface area contributed by atoms with Crippen molar-refractivity contribution < 1.29 is 9.94 Å². The van der Waals surface area contributed by atoms with Crippen molar-refractivity contribution >= 4 is 5.84 Å². The lowest BCUT2D eigenvalue weighted by molar-refractivity contribution is 0.235. The molecule has 0 bridgehead atoms. The summed E-state index contributed by atoms with van der Waals surface area (Å²) in [6.07, 6.45) is 3.76. The number of nitrogens with zero attached hydrogens (tertiary/aromatic N) is 2. The van der Waals surface area contributed by atoms with Crippen LogP contribution in [0.3, 0.4) is 0 Å². The van der Waals surface area contributed by atoms with E-state index in [-0.39, 0.29) is 5.84 Å². The second-order valence-corrected chi connectivity index (χ2v) is 4.87. The minimum Gasteiger partial charge on any atom is -0.492 e. The van der Waals surface area contributed by atoms with E-state index in [1.54, 1.807) is 12.1 Å². The Kier molecular flexibility index (Phi) is 7.50. The maximum atomic E-state index is 8.57. The second-order valence-electron chi connectivity index (χ2n) is 4.87. The lowest BCUT2D eigenvalue weighted by Crippen LogP contribution is -2.25. The molecule has 1 aromatic carbocycles. The van der Waals surface area contributed by atoms with E-state index in [2.05, 4.69) is 24.0 Å². The summed E-state index contributed by atoms with van der Waals surface area (Å²) in [5.74, 6) is 0.897. The highest BCUT2D eigenvalue weighted by Gasteiger charge is 2.01. The molecule has 0 aliphatic heterocycles. The van der Waals surface area contributed by atoms with Crippen LogP contribution in [0.15, 0.2) is 29.4 Å². The van der Waals surface area contributed by atoms with E-state index in [4.69, 9.17) is 15.7 Å². The van der Waals surface area contributed by atoms with Crippen molar-refractivity contribution in [3.05, 3.63) is 29.8 Å². The molecule has 0 spiro atoms. The highest BCUT2D eigenvalue weighted by molar-refractivity contribution is 5.97. The van der Waals surface area contributed by atoms with Crippen LogP contribution >= 0.6 is 0 Å². The molecule has 0 aromatic heterocycles. The van der Waals surface area contributed by atoms with E-state index in [0.29, 0.717) is 12.2 Å².